The van der Waals surface area contributed by atoms with Crippen molar-refractivity contribution in [1.82, 2.24) is 4.98 Å². The standard InChI is InChI=1S/C8H14N2.NO3/c1-3-4-6-10-7-5-9-8(10)2;2-1(3)4/h5,7H,3-4,6H2,1-2H3;/q;-1/p+1. The molecule has 1 aromatic heterocycles. The number of aromatic amines is 1. The first kappa shape index (κ1) is 12.4. The molecule has 14 heavy (non-hydrogen) atoms. The Morgan fingerprint density at radius 2 is 2.14 bits per heavy atom. The first-order valence-electron chi connectivity index (χ1n) is 4.42. The summed E-state index contributed by atoms with van der Waals surface area (Å²) in [4.78, 5) is 11.4. The Kier molecular flexibility index (Phi) is 6.09. The molecule has 0 aliphatic carbocycles. The van der Waals surface area contributed by atoms with E-state index in [9.17, 15) is 0 Å². The van der Waals surface area contributed by atoms with Crippen molar-refractivity contribution in [3.05, 3.63) is 33.5 Å². The van der Waals surface area contributed by atoms with Gasteiger partial charge in [-0.05, 0) is 6.42 Å². The van der Waals surface area contributed by atoms with E-state index >= 15 is 0 Å². The minimum atomic E-state index is -1.75. The first-order valence-corrected chi connectivity index (χ1v) is 4.42. The van der Waals surface area contributed by atoms with Crippen LogP contribution in [-0.2, 0) is 6.54 Å². The molecule has 1 aromatic rings. The number of rotatable bonds is 3. The molecule has 0 atom stereocenters. The predicted molar refractivity (Wildman–Crippen MR) is 51.0 cm³/mol. The van der Waals surface area contributed by atoms with Crippen molar-refractivity contribution in [2.45, 2.75) is 33.2 Å². The van der Waals surface area contributed by atoms with Crippen LogP contribution >= 0.6 is 0 Å². The van der Waals surface area contributed by atoms with Crippen LogP contribution in [0.5, 0.6) is 0 Å². The smallest absolute Gasteiger partial charge is 0.251 e. The van der Waals surface area contributed by atoms with Gasteiger partial charge in [-0.2, -0.15) is 0 Å². The monoisotopic (exact) mass is 201 g/mol. The van der Waals surface area contributed by atoms with Gasteiger partial charge in [-0.1, -0.05) is 13.3 Å². The third-order valence-electron chi connectivity index (χ3n) is 1.73. The molecule has 6 heteroatoms. The quantitative estimate of drug-likeness (QED) is 0.452. The van der Waals surface area contributed by atoms with Crippen molar-refractivity contribution in [3.8, 4) is 0 Å². The van der Waals surface area contributed by atoms with E-state index < -0.39 is 5.09 Å². The number of aromatic nitrogens is 2. The van der Waals surface area contributed by atoms with Gasteiger partial charge >= 0.3 is 0 Å². The summed E-state index contributed by atoms with van der Waals surface area (Å²) in [5, 5.41) is 14.8. The van der Waals surface area contributed by atoms with Crippen molar-refractivity contribution in [2.75, 3.05) is 0 Å². The number of nitrogens with zero attached hydrogens (tertiary/aromatic N) is 2. The number of unbranched alkanes of at least 4 members (excludes halogenated alkanes) is 1. The summed E-state index contributed by atoms with van der Waals surface area (Å²) in [6.45, 7) is 5.45. The summed E-state index contributed by atoms with van der Waals surface area (Å²) >= 11 is 0. The zero-order chi connectivity index (χ0) is 11.0. The molecule has 1 N–H and O–H groups in total. The highest BCUT2D eigenvalue weighted by Gasteiger charge is 2.01. The zero-order valence-electron chi connectivity index (χ0n) is 8.40. The number of aryl methyl sites for hydroxylation is 2. The maximum atomic E-state index is 8.25. The van der Waals surface area contributed by atoms with Crippen LogP contribution in [0.1, 0.15) is 25.6 Å². The number of nitrogens with one attached hydrogen (secondary N) is 1. The average molecular weight is 201 g/mol. The minimum Gasteiger partial charge on any atom is -0.356 e. The first-order chi connectivity index (χ1) is 6.57. The van der Waals surface area contributed by atoms with Gasteiger partial charge in [-0.3, -0.25) is 0 Å². The fourth-order valence-electron chi connectivity index (χ4n) is 1.01. The second kappa shape index (κ2) is 6.88. The van der Waals surface area contributed by atoms with Gasteiger partial charge in [-0.15, -0.1) is 0 Å². The molecule has 0 saturated heterocycles. The van der Waals surface area contributed by atoms with E-state index in [1.54, 1.807) is 0 Å². The van der Waals surface area contributed by atoms with E-state index in [0.29, 0.717) is 0 Å². The molecule has 6 nitrogen and oxygen atoms in total. The van der Waals surface area contributed by atoms with Crippen LogP contribution in [0.25, 0.3) is 0 Å². The van der Waals surface area contributed by atoms with Crippen molar-refractivity contribution in [1.29, 1.82) is 0 Å². The van der Waals surface area contributed by atoms with Gasteiger partial charge in [0, 0.05) is 6.92 Å². The molecule has 0 radical (unpaired) electrons. The molecule has 80 valence electrons. The Balaban J connectivity index is 0.000000364. The van der Waals surface area contributed by atoms with Crippen LogP contribution < -0.4 is 4.57 Å². The van der Waals surface area contributed by atoms with Crippen LogP contribution in [0.4, 0.5) is 0 Å². The minimum absolute atomic E-state index is 1.14. The summed E-state index contributed by atoms with van der Waals surface area (Å²) in [6.07, 6.45) is 6.59. The molecular weight excluding hydrogens is 186 g/mol. The summed E-state index contributed by atoms with van der Waals surface area (Å²) in [7, 11) is 0. The lowest BCUT2D eigenvalue weighted by molar-refractivity contribution is -0.701. The highest BCUT2D eigenvalue weighted by atomic mass is 16.9. The lowest BCUT2D eigenvalue weighted by atomic mass is 10.3. The van der Waals surface area contributed by atoms with Gasteiger partial charge in [0.25, 0.3) is 5.82 Å². The van der Waals surface area contributed by atoms with Crippen LogP contribution in [0.2, 0.25) is 0 Å². The van der Waals surface area contributed by atoms with Crippen molar-refractivity contribution in [3.63, 3.8) is 0 Å². The molecule has 0 aromatic carbocycles. The van der Waals surface area contributed by atoms with Crippen LogP contribution in [0.15, 0.2) is 12.4 Å². The van der Waals surface area contributed by atoms with Gasteiger partial charge in [0.05, 0.1) is 11.6 Å². The van der Waals surface area contributed by atoms with Crippen LogP contribution in [0.3, 0.4) is 0 Å². The Morgan fingerprint density at radius 3 is 2.50 bits per heavy atom. The molecule has 0 unspecified atom stereocenters. The Hall–Kier alpha value is -1.59. The number of hydrogen-bond acceptors (Lipinski definition) is 3. The summed E-state index contributed by atoms with van der Waals surface area (Å²) in [5.41, 5.74) is 0. The molecule has 0 spiro atoms. The second-order valence-electron chi connectivity index (χ2n) is 2.82. The van der Waals surface area contributed by atoms with E-state index in [1.165, 1.54) is 18.7 Å². The molecule has 0 saturated carbocycles. The number of imidazole rings is 1. The lowest BCUT2D eigenvalue weighted by Crippen LogP contribution is -2.34. The molecule has 0 aliphatic heterocycles. The Morgan fingerprint density at radius 1 is 1.57 bits per heavy atom. The molecular formula is C8H15N3O3. The number of hydrogen-bond donors (Lipinski definition) is 1. The second-order valence-corrected chi connectivity index (χ2v) is 2.82. The molecule has 0 aliphatic rings. The molecule has 1 rings (SSSR count). The topological polar surface area (TPSA) is 85.9 Å². The van der Waals surface area contributed by atoms with Gasteiger partial charge in [0.1, 0.15) is 12.4 Å². The number of H-pyrrole nitrogens is 1. The largest absolute Gasteiger partial charge is 0.356 e. The maximum absolute atomic E-state index is 8.25. The fourth-order valence-corrected chi connectivity index (χ4v) is 1.01. The Bertz CT molecular complexity index is 269. The fraction of sp³-hybridized carbons (Fsp3) is 0.625. The van der Waals surface area contributed by atoms with Crippen LogP contribution in [0, 0.1) is 22.2 Å². The maximum Gasteiger partial charge on any atom is 0.251 e. The van der Waals surface area contributed by atoms with Crippen molar-refractivity contribution in [2.24, 2.45) is 0 Å². The van der Waals surface area contributed by atoms with Crippen LogP contribution in [-0.4, -0.2) is 10.1 Å². The lowest BCUT2D eigenvalue weighted by Gasteiger charge is -1.93. The van der Waals surface area contributed by atoms with E-state index in [1.807, 2.05) is 6.20 Å². The highest BCUT2D eigenvalue weighted by Crippen LogP contribution is 1.88. The molecule has 0 fully saturated rings. The third-order valence-corrected chi connectivity index (χ3v) is 1.73. The van der Waals surface area contributed by atoms with E-state index in [4.69, 9.17) is 15.3 Å². The third kappa shape index (κ3) is 5.99. The van der Waals surface area contributed by atoms with Gasteiger partial charge in [0.15, 0.2) is 0 Å². The SMILES string of the molecule is CCCC[n+]1cc[nH]c1C.O=[N+]([O-])[O-]. The van der Waals surface area contributed by atoms with Gasteiger partial charge in [0.2, 0.25) is 0 Å². The molecule has 1 heterocycles. The van der Waals surface area contributed by atoms with Crippen molar-refractivity contribution >= 4 is 0 Å². The molecule has 0 bridgehead atoms. The normalized spacial score (nSPS) is 9.00. The summed E-state index contributed by atoms with van der Waals surface area (Å²) in [5.74, 6) is 1.24. The zero-order valence-corrected chi connectivity index (χ0v) is 8.40. The average Bonchev–Trinajstić information content (AvgIpc) is 2.47. The molecule has 0 amide bonds. The van der Waals surface area contributed by atoms with Crippen molar-refractivity contribution < 1.29 is 9.65 Å². The predicted octanol–water partition coefficient (Wildman–Crippen LogP) is 1.17. The van der Waals surface area contributed by atoms with E-state index in [0.717, 1.165) is 6.54 Å². The van der Waals surface area contributed by atoms with E-state index in [2.05, 4.69) is 29.6 Å². The highest BCUT2D eigenvalue weighted by molar-refractivity contribution is 4.70. The summed E-state index contributed by atoms with van der Waals surface area (Å²) < 4.78 is 2.24. The summed E-state index contributed by atoms with van der Waals surface area (Å²) in [6, 6.07) is 0. The van der Waals surface area contributed by atoms with Gasteiger partial charge in [-0.25, -0.2) is 9.55 Å². The van der Waals surface area contributed by atoms with E-state index in [-0.39, 0.29) is 0 Å². The Labute approximate surface area is 82.3 Å². The van der Waals surface area contributed by atoms with Gasteiger partial charge < -0.3 is 15.3 Å².